The van der Waals surface area contributed by atoms with Crippen molar-refractivity contribution in [2.45, 2.75) is 44.8 Å². The molecule has 84 valence electrons. The van der Waals surface area contributed by atoms with Crippen molar-refractivity contribution in [3.05, 3.63) is 0 Å². The van der Waals surface area contributed by atoms with Gasteiger partial charge in [-0.1, -0.05) is 0 Å². The third-order valence-electron chi connectivity index (χ3n) is 4.73. The molecule has 2 bridgehead atoms. The van der Waals surface area contributed by atoms with Gasteiger partial charge in [0.1, 0.15) is 6.10 Å². The molecule has 3 fully saturated rings. The van der Waals surface area contributed by atoms with E-state index in [1.807, 2.05) is 0 Å². The first-order chi connectivity index (χ1) is 7.16. The molecule has 3 nitrogen and oxygen atoms in total. The zero-order chi connectivity index (χ0) is 10.6. The van der Waals surface area contributed by atoms with E-state index in [1.54, 1.807) is 0 Å². The highest BCUT2D eigenvalue weighted by molar-refractivity contribution is 5.66. The minimum absolute atomic E-state index is 0.0803. The average Bonchev–Trinajstić information content (AvgIpc) is 2.76. The van der Waals surface area contributed by atoms with E-state index in [9.17, 15) is 9.90 Å². The van der Waals surface area contributed by atoms with Crippen LogP contribution >= 0.6 is 0 Å². The minimum atomic E-state index is -0.150. The van der Waals surface area contributed by atoms with Crippen molar-refractivity contribution in [2.24, 2.45) is 23.7 Å². The Balaban J connectivity index is 1.75. The molecule has 0 amide bonds. The van der Waals surface area contributed by atoms with Crippen LogP contribution in [-0.4, -0.2) is 23.3 Å². The van der Waals surface area contributed by atoms with Crippen LogP contribution in [0.1, 0.15) is 32.6 Å². The van der Waals surface area contributed by atoms with E-state index in [0.29, 0.717) is 23.7 Å². The van der Waals surface area contributed by atoms with Crippen molar-refractivity contribution in [3.63, 3.8) is 0 Å². The second-order valence-electron chi connectivity index (χ2n) is 5.43. The summed E-state index contributed by atoms with van der Waals surface area (Å²) in [5.74, 6) is 2.15. The van der Waals surface area contributed by atoms with Crippen LogP contribution < -0.4 is 0 Å². The molecule has 0 aromatic carbocycles. The predicted octanol–water partition coefficient (Wildman–Crippen LogP) is 1.34. The normalized spacial score (nSPS) is 51.9. The predicted molar refractivity (Wildman–Crippen MR) is 54.0 cm³/mol. The summed E-state index contributed by atoms with van der Waals surface area (Å²) < 4.78 is 5.37. The first-order valence-electron chi connectivity index (χ1n) is 6.02. The average molecular weight is 210 g/mol. The molecule has 0 heterocycles. The van der Waals surface area contributed by atoms with Crippen LogP contribution in [0.25, 0.3) is 0 Å². The van der Waals surface area contributed by atoms with Crippen molar-refractivity contribution in [3.8, 4) is 0 Å². The van der Waals surface area contributed by atoms with E-state index < -0.39 is 0 Å². The number of hydrogen-bond donors (Lipinski definition) is 1. The van der Waals surface area contributed by atoms with Crippen molar-refractivity contribution < 1.29 is 14.6 Å². The van der Waals surface area contributed by atoms with Crippen molar-refractivity contribution in [2.75, 3.05) is 0 Å². The zero-order valence-corrected chi connectivity index (χ0v) is 9.06. The summed E-state index contributed by atoms with van der Waals surface area (Å²) in [5.41, 5.74) is 0. The zero-order valence-electron chi connectivity index (χ0n) is 9.06. The SMILES string of the molecule is CC(=O)OC1CC2CC1C1CCC(O)C21. The first-order valence-corrected chi connectivity index (χ1v) is 6.02. The van der Waals surface area contributed by atoms with E-state index in [-0.39, 0.29) is 18.2 Å². The van der Waals surface area contributed by atoms with Gasteiger partial charge in [-0.05, 0) is 49.4 Å². The number of aliphatic hydroxyl groups excluding tert-OH is 1. The van der Waals surface area contributed by atoms with Crippen LogP contribution in [0.3, 0.4) is 0 Å². The fourth-order valence-electron chi connectivity index (χ4n) is 4.38. The molecule has 3 saturated carbocycles. The summed E-state index contributed by atoms with van der Waals surface area (Å²) in [5, 5.41) is 9.88. The van der Waals surface area contributed by atoms with Crippen molar-refractivity contribution >= 4 is 5.97 Å². The Bertz CT molecular complexity index is 289. The fourth-order valence-corrected chi connectivity index (χ4v) is 4.38. The fraction of sp³-hybridized carbons (Fsp3) is 0.917. The molecule has 15 heavy (non-hydrogen) atoms. The highest BCUT2D eigenvalue weighted by Crippen LogP contribution is 2.59. The van der Waals surface area contributed by atoms with Gasteiger partial charge in [-0.25, -0.2) is 0 Å². The minimum Gasteiger partial charge on any atom is -0.462 e. The Morgan fingerprint density at radius 1 is 1.27 bits per heavy atom. The van der Waals surface area contributed by atoms with Gasteiger partial charge in [0, 0.05) is 6.92 Å². The number of aliphatic hydroxyl groups is 1. The lowest BCUT2D eigenvalue weighted by Crippen LogP contribution is -2.34. The highest BCUT2D eigenvalue weighted by Gasteiger charge is 2.57. The summed E-state index contributed by atoms with van der Waals surface area (Å²) in [7, 11) is 0. The van der Waals surface area contributed by atoms with Gasteiger partial charge in [-0.3, -0.25) is 4.79 Å². The number of fused-ring (bicyclic) bond motifs is 5. The van der Waals surface area contributed by atoms with Crippen LogP contribution in [-0.2, 0) is 9.53 Å². The molecule has 1 N–H and O–H groups in total. The molecule has 0 spiro atoms. The molecular weight excluding hydrogens is 192 g/mol. The lowest BCUT2D eigenvalue weighted by Gasteiger charge is -2.31. The smallest absolute Gasteiger partial charge is 0.302 e. The molecule has 3 rings (SSSR count). The maximum Gasteiger partial charge on any atom is 0.302 e. The highest BCUT2D eigenvalue weighted by atomic mass is 16.5. The second kappa shape index (κ2) is 3.21. The summed E-state index contributed by atoms with van der Waals surface area (Å²) in [6.45, 7) is 1.49. The van der Waals surface area contributed by atoms with Gasteiger partial charge >= 0.3 is 5.97 Å². The van der Waals surface area contributed by atoms with Crippen LogP contribution in [0, 0.1) is 23.7 Å². The molecular formula is C12H18O3. The molecule has 3 aliphatic rings. The number of carbonyl (C=O) groups is 1. The van der Waals surface area contributed by atoms with Crippen molar-refractivity contribution in [1.29, 1.82) is 0 Å². The van der Waals surface area contributed by atoms with E-state index in [1.165, 1.54) is 13.3 Å². The maximum atomic E-state index is 11.0. The summed E-state index contributed by atoms with van der Waals surface area (Å²) in [6.07, 6.45) is 4.31. The van der Waals surface area contributed by atoms with Gasteiger partial charge in [-0.2, -0.15) is 0 Å². The van der Waals surface area contributed by atoms with Gasteiger partial charge in [0.05, 0.1) is 6.10 Å². The van der Waals surface area contributed by atoms with E-state index in [0.717, 1.165) is 19.3 Å². The molecule has 3 aliphatic carbocycles. The summed E-state index contributed by atoms with van der Waals surface area (Å²) in [4.78, 5) is 11.0. The number of hydrogen-bond acceptors (Lipinski definition) is 3. The molecule has 0 aliphatic heterocycles. The lowest BCUT2D eigenvalue weighted by atomic mass is 9.79. The lowest BCUT2D eigenvalue weighted by molar-refractivity contribution is -0.150. The number of esters is 1. The van der Waals surface area contributed by atoms with E-state index in [2.05, 4.69) is 0 Å². The molecule has 3 heteroatoms. The molecule has 0 aromatic rings. The Morgan fingerprint density at radius 2 is 2.07 bits per heavy atom. The Kier molecular flexibility index (Phi) is 2.06. The second-order valence-corrected chi connectivity index (χ2v) is 5.43. The molecule has 0 aromatic heterocycles. The van der Waals surface area contributed by atoms with Crippen LogP contribution in [0.2, 0.25) is 0 Å². The molecule has 0 radical (unpaired) electrons. The Hall–Kier alpha value is -0.570. The summed E-state index contributed by atoms with van der Waals surface area (Å²) in [6, 6.07) is 0. The summed E-state index contributed by atoms with van der Waals surface area (Å²) >= 11 is 0. The third kappa shape index (κ3) is 1.32. The monoisotopic (exact) mass is 210 g/mol. The van der Waals surface area contributed by atoms with Crippen LogP contribution in [0.15, 0.2) is 0 Å². The van der Waals surface area contributed by atoms with Gasteiger partial charge < -0.3 is 9.84 Å². The third-order valence-corrected chi connectivity index (χ3v) is 4.73. The largest absolute Gasteiger partial charge is 0.462 e. The number of carbonyl (C=O) groups excluding carboxylic acids is 1. The van der Waals surface area contributed by atoms with Crippen molar-refractivity contribution in [1.82, 2.24) is 0 Å². The van der Waals surface area contributed by atoms with Gasteiger partial charge in [-0.15, -0.1) is 0 Å². The van der Waals surface area contributed by atoms with Gasteiger partial charge in [0.25, 0.3) is 0 Å². The number of rotatable bonds is 1. The van der Waals surface area contributed by atoms with E-state index in [4.69, 9.17) is 4.74 Å². The number of ether oxygens (including phenoxy) is 1. The Morgan fingerprint density at radius 3 is 2.80 bits per heavy atom. The Labute approximate surface area is 89.8 Å². The van der Waals surface area contributed by atoms with E-state index >= 15 is 0 Å². The molecule has 6 unspecified atom stereocenters. The van der Waals surface area contributed by atoms with Crippen LogP contribution in [0.4, 0.5) is 0 Å². The van der Waals surface area contributed by atoms with Gasteiger partial charge in [0.15, 0.2) is 0 Å². The standard InChI is InChI=1S/C12H18O3/c1-6(13)15-11-5-7-4-9(11)8-2-3-10(14)12(7)8/h7-12,14H,2-5H2,1H3. The topological polar surface area (TPSA) is 46.5 Å². The molecule has 6 atom stereocenters. The first kappa shape index (κ1) is 9.64. The quantitative estimate of drug-likeness (QED) is 0.664. The maximum absolute atomic E-state index is 11.0. The molecule has 0 saturated heterocycles. The van der Waals surface area contributed by atoms with Gasteiger partial charge in [0.2, 0.25) is 0 Å². The van der Waals surface area contributed by atoms with Crippen LogP contribution in [0.5, 0.6) is 0 Å².